The predicted octanol–water partition coefficient (Wildman–Crippen LogP) is 3.01. The fourth-order valence-electron chi connectivity index (χ4n) is 1.56. The summed E-state index contributed by atoms with van der Waals surface area (Å²) in [7, 11) is 0. The highest BCUT2D eigenvalue weighted by Crippen LogP contribution is 2.12. The Balaban J connectivity index is 2.37. The summed E-state index contributed by atoms with van der Waals surface area (Å²) in [5.41, 5.74) is 8.84. The number of rotatable bonds is 6. The van der Waals surface area contributed by atoms with E-state index < -0.39 is 0 Å². The Bertz CT molecular complexity index is 286. The van der Waals surface area contributed by atoms with Crippen LogP contribution in [0.4, 0.5) is 0 Å². The molecule has 1 unspecified atom stereocenters. The predicted molar refractivity (Wildman–Crippen MR) is 70.5 cm³/mol. The van der Waals surface area contributed by atoms with Gasteiger partial charge in [0.15, 0.2) is 0 Å². The van der Waals surface area contributed by atoms with Gasteiger partial charge in [0.25, 0.3) is 0 Å². The molecule has 0 fully saturated rings. The maximum atomic E-state index is 6.09. The molecule has 0 aliphatic carbocycles. The minimum atomic E-state index is 0.294. The molecule has 1 aromatic carbocycles. The van der Waals surface area contributed by atoms with Crippen LogP contribution in [0.25, 0.3) is 0 Å². The number of hydrogen-bond donors (Lipinski definition) is 1. The van der Waals surface area contributed by atoms with Gasteiger partial charge in [-0.25, -0.2) is 0 Å². The second kappa shape index (κ2) is 6.91. The van der Waals surface area contributed by atoms with Crippen molar-refractivity contribution < 1.29 is 0 Å². The zero-order valence-corrected chi connectivity index (χ0v) is 10.5. The average Bonchev–Trinajstić information content (AvgIpc) is 2.22. The third kappa shape index (κ3) is 4.72. The molecule has 0 heterocycles. The van der Waals surface area contributed by atoms with E-state index >= 15 is 0 Å². The Morgan fingerprint density at radius 2 is 2.07 bits per heavy atom. The van der Waals surface area contributed by atoms with Crippen molar-refractivity contribution >= 4 is 11.8 Å². The van der Waals surface area contributed by atoms with Crippen molar-refractivity contribution in [3.63, 3.8) is 0 Å². The van der Waals surface area contributed by atoms with E-state index in [0.29, 0.717) is 6.04 Å². The normalized spacial score (nSPS) is 12.7. The van der Waals surface area contributed by atoms with Crippen LogP contribution in [0.5, 0.6) is 0 Å². The molecule has 84 valence electrons. The molecule has 15 heavy (non-hydrogen) atoms. The fourth-order valence-corrected chi connectivity index (χ4v) is 2.44. The van der Waals surface area contributed by atoms with Gasteiger partial charge in [0.05, 0.1) is 0 Å². The number of benzene rings is 1. The number of aryl methyl sites for hydroxylation is 1. The van der Waals surface area contributed by atoms with Gasteiger partial charge in [-0.05, 0) is 36.6 Å². The molecule has 2 heteroatoms. The third-order valence-electron chi connectivity index (χ3n) is 2.42. The highest BCUT2D eigenvalue weighted by atomic mass is 32.2. The summed E-state index contributed by atoms with van der Waals surface area (Å²) in [5.74, 6) is 2.30. The minimum absolute atomic E-state index is 0.294. The first kappa shape index (κ1) is 12.6. The molecular weight excluding hydrogens is 202 g/mol. The summed E-state index contributed by atoms with van der Waals surface area (Å²) in [6, 6.07) is 8.80. The Kier molecular flexibility index (Phi) is 5.81. The first-order chi connectivity index (χ1) is 7.24. The molecule has 1 nitrogen and oxygen atoms in total. The van der Waals surface area contributed by atoms with Gasteiger partial charge in [0.1, 0.15) is 0 Å². The molecule has 0 aromatic heterocycles. The van der Waals surface area contributed by atoms with Gasteiger partial charge in [-0.15, -0.1) is 0 Å². The largest absolute Gasteiger partial charge is 0.327 e. The topological polar surface area (TPSA) is 26.0 Å². The summed E-state index contributed by atoms with van der Waals surface area (Å²) in [5, 5.41) is 0. The van der Waals surface area contributed by atoms with Crippen molar-refractivity contribution in [2.45, 2.75) is 32.7 Å². The summed E-state index contributed by atoms with van der Waals surface area (Å²) in [6.07, 6.45) is 2.24. The second-order valence-corrected chi connectivity index (χ2v) is 5.12. The lowest BCUT2D eigenvalue weighted by atomic mass is 10.0. The van der Waals surface area contributed by atoms with Crippen LogP contribution >= 0.6 is 11.8 Å². The third-order valence-corrected chi connectivity index (χ3v) is 3.78. The standard InChI is InChI=1S/C13H21NS/c1-3-8-15-10-13(14)9-12-7-5-4-6-11(12)2/h4-7,13H,3,8-10,14H2,1-2H3. The Morgan fingerprint density at radius 3 is 2.73 bits per heavy atom. The smallest absolute Gasteiger partial charge is 0.0171 e. The van der Waals surface area contributed by atoms with Crippen molar-refractivity contribution in [1.82, 2.24) is 0 Å². The van der Waals surface area contributed by atoms with Crippen molar-refractivity contribution in [1.29, 1.82) is 0 Å². The van der Waals surface area contributed by atoms with Crippen LogP contribution in [0, 0.1) is 6.92 Å². The molecule has 0 aliphatic rings. The molecule has 0 saturated carbocycles. The van der Waals surface area contributed by atoms with E-state index in [4.69, 9.17) is 5.73 Å². The van der Waals surface area contributed by atoms with E-state index in [0.717, 1.165) is 12.2 Å². The van der Waals surface area contributed by atoms with Gasteiger partial charge >= 0.3 is 0 Å². The lowest BCUT2D eigenvalue weighted by Gasteiger charge is -2.12. The lowest BCUT2D eigenvalue weighted by molar-refractivity contribution is 0.745. The zero-order valence-electron chi connectivity index (χ0n) is 9.70. The Hall–Kier alpha value is -0.470. The van der Waals surface area contributed by atoms with Crippen LogP contribution in [0.1, 0.15) is 24.5 Å². The molecule has 0 saturated heterocycles. The molecule has 2 N–H and O–H groups in total. The quantitative estimate of drug-likeness (QED) is 0.750. The summed E-state index contributed by atoms with van der Waals surface area (Å²) in [4.78, 5) is 0. The average molecular weight is 223 g/mol. The lowest BCUT2D eigenvalue weighted by Crippen LogP contribution is -2.26. The van der Waals surface area contributed by atoms with E-state index in [2.05, 4.69) is 38.1 Å². The van der Waals surface area contributed by atoms with Crippen LogP contribution in [0.2, 0.25) is 0 Å². The van der Waals surface area contributed by atoms with Gasteiger partial charge in [-0.1, -0.05) is 31.2 Å². The van der Waals surface area contributed by atoms with E-state index in [1.54, 1.807) is 0 Å². The SMILES string of the molecule is CCCSCC(N)Cc1ccccc1C. The summed E-state index contributed by atoms with van der Waals surface area (Å²) < 4.78 is 0. The first-order valence-electron chi connectivity index (χ1n) is 5.62. The summed E-state index contributed by atoms with van der Waals surface area (Å²) >= 11 is 1.96. The molecular formula is C13H21NS. The number of nitrogens with two attached hydrogens (primary N) is 1. The fraction of sp³-hybridized carbons (Fsp3) is 0.538. The molecule has 0 bridgehead atoms. The molecule has 1 aromatic rings. The Labute approximate surface area is 97.4 Å². The van der Waals surface area contributed by atoms with Crippen molar-refractivity contribution in [2.75, 3.05) is 11.5 Å². The highest BCUT2D eigenvalue weighted by molar-refractivity contribution is 7.99. The number of thioether (sulfide) groups is 1. The second-order valence-electron chi connectivity index (χ2n) is 3.97. The van der Waals surface area contributed by atoms with Gasteiger partial charge in [-0.3, -0.25) is 0 Å². The highest BCUT2D eigenvalue weighted by Gasteiger charge is 2.05. The van der Waals surface area contributed by atoms with Crippen molar-refractivity contribution in [3.05, 3.63) is 35.4 Å². The van der Waals surface area contributed by atoms with E-state index in [9.17, 15) is 0 Å². The van der Waals surface area contributed by atoms with Crippen LogP contribution < -0.4 is 5.73 Å². The van der Waals surface area contributed by atoms with Gasteiger partial charge in [-0.2, -0.15) is 11.8 Å². The van der Waals surface area contributed by atoms with E-state index in [1.165, 1.54) is 23.3 Å². The first-order valence-corrected chi connectivity index (χ1v) is 6.77. The van der Waals surface area contributed by atoms with Crippen LogP contribution in [0.3, 0.4) is 0 Å². The van der Waals surface area contributed by atoms with Crippen molar-refractivity contribution in [3.8, 4) is 0 Å². The Morgan fingerprint density at radius 1 is 1.33 bits per heavy atom. The van der Waals surface area contributed by atoms with Crippen LogP contribution in [-0.2, 0) is 6.42 Å². The molecule has 0 amide bonds. The molecule has 0 spiro atoms. The monoisotopic (exact) mass is 223 g/mol. The maximum Gasteiger partial charge on any atom is 0.0171 e. The van der Waals surface area contributed by atoms with Gasteiger partial charge in [0.2, 0.25) is 0 Å². The molecule has 0 aliphatic heterocycles. The van der Waals surface area contributed by atoms with Gasteiger partial charge in [0, 0.05) is 11.8 Å². The minimum Gasteiger partial charge on any atom is -0.327 e. The molecule has 0 radical (unpaired) electrons. The molecule has 1 rings (SSSR count). The van der Waals surface area contributed by atoms with E-state index in [-0.39, 0.29) is 0 Å². The maximum absolute atomic E-state index is 6.09. The van der Waals surface area contributed by atoms with Crippen molar-refractivity contribution in [2.24, 2.45) is 5.73 Å². The summed E-state index contributed by atoms with van der Waals surface area (Å²) in [6.45, 7) is 4.36. The van der Waals surface area contributed by atoms with E-state index in [1.807, 2.05) is 11.8 Å². The zero-order chi connectivity index (χ0) is 11.1. The number of hydrogen-bond acceptors (Lipinski definition) is 2. The van der Waals surface area contributed by atoms with Crippen LogP contribution in [-0.4, -0.2) is 17.5 Å². The molecule has 1 atom stereocenters. The van der Waals surface area contributed by atoms with Crippen LogP contribution in [0.15, 0.2) is 24.3 Å². The van der Waals surface area contributed by atoms with Gasteiger partial charge < -0.3 is 5.73 Å².